The van der Waals surface area contributed by atoms with E-state index in [9.17, 15) is 4.79 Å². The Morgan fingerprint density at radius 2 is 2.33 bits per heavy atom. The second-order valence-electron chi connectivity index (χ2n) is 2.90. The van der Waals surface area contributed by atoms with Crippen LogP contribution in [0.3, 0.4) is 0 Å². The van der Waals surface area contributed by atoms with E-state index in [-0.39, 0.29) is 12.4 Å². The molecule has 5 heteroatoms. The van der Waals surface area contributed by atoms with Gasteiger partial charge in [-0.05, 0) is 17.7 Å². The van der Waals surface area contributed by atoms with Crippen molar-refractivity contribution in [3.05, 3.63) is 27.7 Å². The van der Waals surface area contributed by atoms with Gasteiger partial charge in [-0.2, -0.15) is 5.26 Å². The molecule has 0 heterocycles. The minimum Gasteiger partial charge on any atom is -0.469 e. The highest BCUT2D eigenvalue weighted by molar-refractivity contribution is 9.10. The predicted octanol–water partition coefficient (Wildman–Crippen LogP) is 1.62. The van der Waals surface area contributed by atoms with Gasteiger partial charge < -0.3 is 10.5 Å². The SMILES string of the molecule is COC(=O)Cc1cc(C#N)c(N)cc1Br. The van der Waals surface area contributed by atoms with Gasteiger partial charge in [0, 0.05) is 4.47 Å². The number of hydrogen-bond donors (Lipinski definition) is 1. The van der Waals surface area contributed by atoms with Crippen LogP contribution in [0, 0.1) is 11.3 Å². The van der Waals surface area contributed by atoms with Gasteiger partial charge in [-0.1, -0.05) is 15.9 Å². The number of hydrogen-bond acceptors (Lipinski definition) is 4. The van der Waals surface area contributed by atoms with E-state index < -0.39 is 0 Å². The van der Waals surface area contributed by atoms with Crippen molar-refractivity contribution < 1.29 is 9.53 Å². The maximum atomic E-state index is 11.1. The molecule has 2 N–H and O–H groups in total. The van der Waals surface area contributed by atoms with Crippen LogP contribution in [0.4, 0.5) is 5.69 Å². The number of ether oxygens (including phenoxy) is 1. The Labute approximate surface area is 95.8 Å². The van der Waals surface area contributed by atoms with Crippen molar-refractivity contribution in [2.75, 3.05) is 12.8 Å². The summed E-state index contributed by atoms with van der Waals surface area (Å²) in [6.45, 7) is 0. The summed E-state index contributed by atoms with van der Waals surface area (Å²) in [6.07, 6.45) is 0.117. The minimum atomic E-state index is -0.357. The quantitative estimate of drug-likeness (QED) is 0.653. The number of nitrogens with two attached hydrogens (primary N) is 1. The Morgan fingerprint density at radius 3 is 2.87 bits per heavy atom. The Kier molecular flexibility index (Phi) is 3.69. The highest BCUT2D eigenvalue weighted by Gasteiger charge is 2.10. The van der Waals surface area contributed by atoms with E-state index in [0.29, 0.717) is 21.3 Å². The number of nitrogens with zero attached hydrogens (tertiary/aromatic N) is 1. The fourth-order valence-electron chi connectivity index (χ4n) is 1.09. The van der Waals surface area contributed by atoms with Crippen molar-refractivity contribution in [1.29, 1.82) is 5.26 Å². The molecule has 1 aromatic carbocycles. The normalized spacial score (nSPS) is 9.40. The lowest BCUT2D eigenvalue weighted by atomic mass is 10.1. The largest absolute Gasteiger partial charge is 0.469 e. The van der Waals surface area contributed by atoms with E-state index >= 15 is 0 Å². The smallest absolute Gasteiger partial charge is 0.310 e. The highest BCUT2D eigenvalue weighted by atomic mass is 79.9. The number of carbonyl (C=O) groups is 1. The van der Waals surface area contributed by atoms with Crippen LogP contribution in [-0.4, -0.2) is 13.1 Å². The molecule has 0 atom stereocenters. The van der Waals surface area contributed by atoms with E-state index in [1.807, 2.05) is 6.07 Å². The summed E-state index contributed by atoms with van der Waals surface area (Å²) in [7, 11) is 1.32. The lowest BCUT2D eigenvalue weighted by Gasteiger charge is -2.05. The number of nitrogen functional groups attached to an aromatic ring is 1. The third kappa shape index (κ3) is 2.70. The summed E-state index contributed by atoms with van der Waals surface area (Å²) in [5, 5.41) is 8.76. The fraction of sp³-hybridized carbons (Fsp3) is 0.200. The molecule has 4 nitrogen and oxygen atoms in total. The second kappa shape index (κ2) is 4.80. The van der Waals surface area contributed by atoms with E-state index in [2.05, 4.69) is 20.7 Å². The molecular weight excluding hydrogens is 260 g/mol. The Hall–Kier alpha value is -1.54. The number of esters is 1. The van der Waals surface area contributed by atoms with Crippen LogP contribution < -0.4 is 5.73 Å². The Bertz CT molecular complexity index is 438. The van der Waals surface area contributed by atoms with Crippen LogP contribution in [0.5, 0.6) is 0 Å². The first-order chi connectivity index (χ1) is 7.08. The zero-order chi connectivity index (χ0) is 11.4. The zero-order valence-electron chi connectivity index (χ0n) is 8.08. The number of rotatable bonds is 2. The van der Waals surface area contributed by atoms with E-state index in [1.54, 1.807) is 12.1 Å². The molecule has 0 aliphatic carbocycles. The van der Waals surface area contributed by atoms with Crippen LogP contribution in [-0.2, 0) is 16.0 Å². The van der Waals surface area contributed by atoms with Crippen molar-refractivity contribution in [2.45, 2.75) is 6.42 Å². The van der Waals surface area contributed by atoms with Crippen molar-refractivity contribution >= 4 is 27.6 Å². The molecule has 0 unspecified atom stereocenters. The monoisotopic (exact) mass is 268 g/mol. The number of nitriles is 1. The van der Waals surface area contributed by atoms with Crippen LogP contribution >= 0.6 is 15.9 Å². The summed E-state index contributed by atoms with van der Waals surface area (Å²) in [4.78, 5) is 11.1. The van der Waals surface area contributed by atoms with Gasteiger partial charge in [0.15, 0.2) is 0 Å². The Morgan fingerprint density at radius 1 is 1.67 bits per heavy atom. The topological polar surface area (TPSA) is 76.1 Å². The molecule has 0 saturated carbocycles. The molecular formula is C10H9BrN2O2. The zero-order valence-corrected chi connectivity index (χ0v) is 9.67. The molecule has 0 aliphatic heterocycles. The first kappa shape index (κ1) is 11.5. The molecule has 1 rings (SSSR count). The highest BCUT2D eigenvalue weighted by Crippen LogP contribution is 2.24. The molecule has 0 fully saturated rings. The van der Waals surface area contributed by atoms with Crippen molar-refractivity contribution in [1.82, 2.24) is 0 Å². The number of benzene rings is 1. The maximum absolute atomic E-state index is 11.1. The van der Waals surface area contributed by atoms with Crippen molar-refractivity contribution in [3.8, 4) is 6.07 Å². The third-order valence-corrected chi connectivity index (χ3v) is 2.64. The first-order valence-electron chi connectivity index (χ1n) is 4.13. The van der Waals surface area contributed by atoms with Crippen LogP contribution in [0.25, 0.3) is 0 Å². The van der Waals surface area contributed by atoms with E-state index in [0.717, 1.165) is 0 Å². The van der Waals surface area contributed by atoms with Gasteiger partial charge in [-0.15, -0.1) is 0 Å². The van der Waals surface area contributed by atoms with Gasteiger partial charge in [0.2, 0.25) is 0 Å². The average molecular weight is 269 g/mol. The maximum Gasteiger partial charge on any atom is 0.310 e. The second-order valence-corrected chi connectivity index (χ2v) is 3.75. The van der Waals surface area contributed by atoms with Crippen molar-refractivity contribution in [3.63, 3.8) is 0 Å². The number of anilines is 1. The van der Waals surface area contributed by atoms with Gasteiger partial charge in [-0.3, -0.25) is 4.79 Å². The number of halogens is 1. The van der Waals surface area contributed by atoms with E-state index in [1.165, 1.54) is 7.11 Å². The first-order valence-corrected chi connectivity index (χ1v) is 4.92. The molecule has 0 aromatic heterocycles. The lowest BCUT2D eigenvalue weighted by Crippen LogP contribution is -2.06. The molecule has 78 valence electrons. The summed E-state index contributed by atoms with van der Waals surface area (Å²) in [5.74, 6) is -0.357. The fourth-order valence-corrected chi connectivity index (χ4v) is 1.59. The summed E-state index contributed by atoms with van der Waals surface area (Å²) < 4.78 is 5.24. The van der Waals surface area contributed by atoms with E-state index in [4.69, 9.17) is 11.0 Å². The molecule has 15 heavy (non-hydrogen) atoms. The number of methoxy groups -OCH3 is 1. The Balaban J connectivity index is 3.09. The molecule has 0 amide bonds. The van der Waals surface area contributed by atoms with Gasteiger partial charge in [0.1, 0.15) is 6.07 Å². The molecule has 0 saturated heterocycles. The predicted molar refractivity (Wildman–Crippen MR) is 59.0 cm³/mol. The minimum absolute atomic E-state index is 0.117. The molecule has 0 radical (unpaired) electrons. The van der Waals surface area contributed by atoms with Gasteiger partial charge in [0.05, 0.1) is 24.8 Å². The molecule has 0 bridgehead atoms. The van der Waals surface area contributed by atoms with Crippen LogP contribution in [0.1, 0.15) is 11.1 Å². The summed E-state index contributed by atoms with van der Waals surface area (Å²) >= 11 is 3.27. The van der Waals surface area contributed by atoms with Gasteiger partial charge in [-0.25, -0.2) is 0 Å². The molecule has 0 spiro atoms. The van der Waals surface area contributed by atoms with Crippen LogP contribution in [0.2, 0.25) is 0 Å². The molecule has 0 aliphatic rings. The summed E-state index contributed by atoms with van der Waals surface area (Å²) in [6, 6.07) is 5.14. The summed E-state index contributed by atoms with van der Waals surface area (Å²) in [5.41, 5.74) is 7.03. The number of carbonyl (C=O) groups excluding carboxylic acids is 1. The third-order valence-electron chi connectivity index (χ3n) is 1.90. The molecule has 1 aromatic rings. The average Bonchev–Trinajstić information content (AvgIpc) is 2.21. The van der Waals surface area contributed by atoms with Gasteiger partial charge >= 0.3 is 5.97 Å². The van der Waals surface area contributed by atoms with Crippen LogP contribution in [0.15, 0.2) is 16.6 Å². The lowest BCUT2D eigenvalue weighted by molar-refractivity contribution is -0.139. The van der Waals surface area contributed by atoms with Gasteiger partial charge in [0.25, 0.3) is 0 Å². The van der Waals surface area contributed by atoms with Crippen molar-refractivity contribution in [2.24, 2.45) is 0 Å². The standard InChI is InChI=1S/C10H9BrN2O2/c1-15-10(14)3-6-2-7(5-12)9(13)4-8(6)11/h2,4H,3,13H2,1H3.